The topological polar surface area (TPSA) is 60.0 Å². The summed E-state index contributed by atoms with van der Waals surface area (Å²) >= 11 is 0. The minimum atomic E-state index is -0.881. The molecule has 7 heteroatoms. The Morgan fingerprint density at radius 1 is 1.07 bits per heavy atom. The number of nitrogens with one attached hydrogen (secondary N) is 1. The van der Waals surface area contributed by atoms with Gasteiger partial charge in [0.05, 0.1) is 24.5 Å². The lowest BCUT2D eigenvalue weighted by molar-refractivity contribution is 0.0845. The molecule has 1 N–H and O–H groups in total. The van der Waals surface area contributed by atoms with E-state index in [-0.39, 0.29) is 5.92 Å². The molecule has 0 atom stereocenters. The Labute approximate surface area is 165 Å². The van der Waals surface area contributed by atoms with E-state index in [1.807, 2.05) is 12.1 Å². The Morgan fingerprint density at radius 2 is 1.90 bits per heavy atom. The van der Waals surface area contributed by atoms with Gasteiger partial charge in [0.2, 0.25) is 5.88 Å². The van der Waals surface area contributed by atoms with E-state index in [2.05, 4.69) is 10.2 Å². The van der Waals surface area contributed by atoms with Crippen molar-refractivity contribution in [2.75, 3.05) is 20.3 Å². The van der Waals surface area contributed by atoms with E-state index in [1.165, 1.54) is 6.07 Å². The molecule has 4 aromatic rings. The Kier molecular flexibility index (Phi) is 4.39. The van der Waals surface area contributed by atoms with Crippen LogP contribution in [0.2, 0.25) is 0 Å². The average molecular weight is 395 g/mol. The average Bonchev–Trinajstić information content (AvgIpc) is 3.21. The number of fused-ring (bicyclic) bond motifs is 2. The van der Waals surface area contributed by atoms with Crippen LogP contribution in [0.4, 0.5) is 8.78 Å². The van der Waals surface area contributed by atoms with Crippen LogP contribution >= 0.6 is 0 Å². The molecule has 5 nitrogen and oxygen atoms in total. The number of nitrogens with zero attached hydrogens (tertiary/aromatic N) is 2. The summed E-state index contributed by atoms with van der Waals surface area (Å²) in [5, 5.41) is 9.65. The van der Waals surface area contributed by atoms with E-state index in [9.17, 15) is 8.78 Å². The van der Waals surface area contributed by atoms with E-state index in [0.29, 0.717) is 24.7 Å². The molecule has 2 aromatic carbocycles. The van der Waals surface area contributed by atoms with Gasteiger partial charge in [-0.2, -0.15) is 5.10 Å². The maximum absolute atomic E-state index is 14.1. The van der Waals surface area contributed by atoms with Crippen molar-refractivity contribution in [2.45, 2.75) is 18.8 Å². The van der Waals surface area contributed by atoms with Gasteiger partial charge in [-0.05, 0) is 48.1 Å². The zero-order valence-corrected chi connectivity index (χ0v) is 15.8. The zero-order chi connectivity index (χ0) is 20.0. The number of rotatable bonds is 3. The van der Waals surface area contributed by atoms with Gasteiger partial charge in [0.1, 0.15) is 0 Å². The highest BCUT2D eigenvalue weighted by atomic mass is 19.2. The standard InChI is InChI=1S/C22H19F2N3O2/c1-28-22-16-10-19-14(11-25-27-19)8-15(16)20(13-2-3-17(23)18(24)9-13)21(26-22)12-4-6-29-7-5-12/h2-3,8-12H,4-7H2,1H3,(H,25,27). The summed E-state index contributed by atoms with van der Waals surface area (Å²) in [5.74, 6) is -1.10. The molecule has 148 valence electrons. The molecule has 3 heterocycles. The third-order valence-electron chi connectivity index (χ3n) is 5.57. The summed E-state index contributed by atoms with van der Waals surface area (Å²) in [6.45, 7) is 1.29. The molecule has 0 saturated carbocycles. The molecule has 5 rings (SSSR count). The number of aromatic amines is 1. The maximum atomic E-state index is 14.1. The smallest absolute Gasteiger partial charge is 0.221 e. The van der Waals surface area contributed by atoms with Crippen LogP contribution in [0.3, 0.4) is 0 Å². The summed E-state index contributed by atoms with van der Waals surface area (Å²) in [4.78, 5) is 4.83. The third-order valence-corrected chi connectivity index (χ3v) is 5.57. The van der Waals surface area contributed by atoms with Gasteiger partial charge in [0.15, 0.2) is 11.6 Å². The SMILES string of the molecule is COc1nc(C2CCOCC2)c(-c2ccc(F)c(F)c2)c2cc3cn[nH]c3cc12. The van der Waals surface area contributed by atoms with Crippen LogP contribution in [0, 0.1) is 11.6 Å². The number of methoxy groups -OCH3 is 1. The van der Waals surface area contributed by atoms with Gasteiger partial charge < -0.3 is 9.47 Å². The second kappa shape index (κ2) is 7.08. The van der Waals surface area contributed by atoms with E-state index in [0.717, 1.165) is 51.8 Å². The normalized spacial score (nSPS) is 15.3. The van der Waals surface area contributed by atoms with Crippen LogP contribution in [-0.2, 0) is 4.74 Å². The number of halogens is 2. The molecule has 2 aromatic heterocycles. The quantitative estimate of drug-likeness (QED) is 0.533. The molecule has 1 fully saturated rings. The fourth-order valence-electron chi connectivity index (χ4n) is 4.12. The first-order valence-corrected chi connectivity index (χ1v) is 9.53. The van der Waals surface area contributed by atoms with Gasteiger partial charge in [-0.3, -0.25) is 5.10 Å². The van der Waals surface area contributed by atoms with E-state index >= 15 is 0 Å². The highest BCUT2D eigenvalue weighted by molar-refractivity contribution is 6.06. The fraction of sp³-hybridized carbons (Fsp3) is 0.273. The summed E-state index contributed by atoms with van der Waals surface area (Å²) in [6.07, 6.45) is 3.36. The Hall–Kier alpha value is -3.06. The molecule has 29 heavy (non-hydrogen) atoms. The third kappa shape index (κ3) is 3.02. The molecule has 1 aliphatic rings. The monoisotopic (exact) mass is 395 g/mol. The number of pyridine rings is 1. The van der Waals surface area contributed by atoms with Crippen LogP contribution in [0.1, 0.15) is 24.5 Å². The lowest BCUT2D eigenvalue weighted by Crippen LogP contribution is -2.16. The van der Waals surface area contributed by atoms with Crippen LogP contribution in [0.15, 0.2) is 36.5 Å². The summed E-state index contributed by atoms with van der Waals surface area (Å²) in [5.41, 5.74) is 3.07. The van der Waals surface area contributed by atoms with Crippen molar-refractivity contribution < 1.29 is 18.3 Å². The first-order chi connectivity index (χ1) is 14.2. The predicted molar refractivity (Wildman–Crippen MR) is 106 cm³/mol. The Bertz CT molecular complexity index is 1220. The minimum absolute atomic E-state index is 0.144. The van der Waals surface area contributed by atoms with Crippen molar-refractivity contribution in [1.82, 2.24) is 15.2 Å². The van der Waals surface area contributed by atoms with Gasteiger partial charge in [0.25, 0.3) is 0 Å². The van der Waals surface area contributed by atoms with E-state index in [1.54, 1.807) is 19.4 Å². The Balaban J connectivity index is 1.87. The molecule has 0 amide bonds. The first kappa shape index (κ1) is 18.0. The van der Waals surface area contributed by atoms with Gasteiger partial charge in [-0.1, -0.05) is 6.07 Å². The molecule has 1 saturated heterocycles. The van der Waals surface area contributed by atoms with E-state index < -0.39 is 11.6 Å². The van der Waals surface area contributed by atoms with Crippen LogP contribution in [0.25, 0.3) is 32.8 Å². The molecule has 1 aliphatic heterocycles. The number of hydrogen-bond donors (Lipinski definition) is 1. The number of H-pyrrole nitrogens is 1. The first-order valence-electron chi connectivity index (χ1n) is 9.53. The molecule has 0 spiro atoms. The summed E-state index contributed by atoms with van der Waals surface area (Å²) in [7, 11) is 1.59. The van der Waals surface area contributed by atoms with Gasteiger partial charge >= 0.3 is 0 Å². The number of benzene rings is 2. The van der Waals surface area contributed by atoms with Crippen molar-refractivity contribution in [2.24, 2.45) is 0 Å². The number of aromatic nitrogens is 3. The summed E-state index contributed by atoms with van der Waals surface area (Å²) in [6, 6.07) is 7.92. The molecule has 0 unspecified atom stereocenters. The molecule has 0 radical (unpaired) electrons. The number of hydrogen-bond acceptors (Lipinski definition) is 4. The van der Waals surface area contributed by atoms with Crippen molar-refractivity contribution in [3.05, 3.63) is 53.9 Å². The summed E-state index contributed by atoms with van der Waals surface area (Å²) < 4.78 is 38.9. The lowest BCUT2D eigenvalue weighted by Gasteiger charge is -2.25. The largest absolute Gasteiger partial charge is 0.481 e. The van der Waals surface area contributed by atoms with E-state index in [4.69, 9.17) is 14.5 Å². The van der Waals surface area contributed by atoms with Crippen LogP contribution in [-0.4, -0.2) is 35.5 Å². The van der Waals surface area contributed by atoms with Crippen molar-refractivity contribution in [3.8, 4) is 17.0 Å². The highest BCUT2D eigenvalue weighted by Gasteiger charge is 2.25. The second-order valence-corrected chi connectivity index (χ2v) is 7.25. The molecule has 0 bridgehead atoms. The van der Waals surface area contributed by atoms with Crippen LogP contribution < -0.4 is 4.74 Å². The van der Waals surface area contributed by atoms with Crippen molar-refractivity contribution in [3.63, 3.8) is 0 Å². The maximum Gasteiger partial charge on any atom is 0.221 e. The lowest BCUT2D eigenvalue weighted by atomic mass is 9.87. The minimum Gasteiger partial charge on any atom is -0.481 e. The van der Waals surface area contributed by atoms with Gasteiger partial charge in [-0.15, -0.1) is 0 Å². The predicted octanol–water partition coefficient (Wildman–Crippen LogP) is 4.96. The van der Waals surface area contributed by atoms with Crippen LogP contribution in [0.5, 0.6) is 5.88 Å². The van der Waals surface area contributed by atoms with Crippen molar-refractivity contribution in [1.29, 1.82) is 0 Å². The fourth-order valence-corrected chi connectivity index (χ4v) is 4.12. The molecule has 0 aliphatic carbocycles. The molecular weight excluding hydrogens is 376 g/mol. The highest BCUT2D eigenvalue weighted by Crippen LogP contribution is 2.42. The second-order valence-electron chi connectivity index (χ2n) is 7.25. The number of ether oxygens (including phenoxy) is 2. The molecular formula is C22H19F2N3O2. The van der Waals surface area contributed by atoms with Crippen molar-refractivity contribution >= 4 is 21.7 Å². The van der Waals surface area contributed by atoms with Gasteiger partial charge in [0, 0.05) is 35.5 Å². The van der Waals surface area contributed by atoms with Gasteiger partial charge in [-0.25, -0.2) is 13.8 Å². The Morgan fingerprint density at radius 3 is 2.66 bits per heavy atom. The zero-order valence-electron chi connectivity index (χ0n) is 15.8.